The van der Waals surface area contributed by atoms with Crippen molar-refractivity contribution in [2.24, 2.45) is 0 Å². The van der Waals surface area contributed by atoms with Crippen LogP contribution in [0.1, 0.15) is 29.5 Å². The maximum atomic E-state index is 13.9. The van der Waals surface area contributed by atoms with Gasteiger partial charge in [-0.3, -0.25) is 0 Å². The second kappa shape index (κ2) is 10.1. The Hall–Kier alpha value is -4.67. The van der Waals surface area contributed by atoms with Crippen molar-refractivity contribution in [1.82, 2.24) is 4.48 Å². The number of phenols is 2. The standard InChI is InChI=1S/C33H27NO3/c1-24(35)34(27-10-4-2-5-11-27,28-12-6-3-7-13-28)32-15-9-8-14-31(32)33(25-16-20-29(36)21-17-25)26-18-22-30(37)23-19-26/h2-23,33H,1H3,(H-,36,37)/p+1. The maximum Gasteiger partial charge on any atom is 0.325 e. The Morgan fingerprint density at radius 3 is 1.41 bits per heavy atom. The van der Waals surface area contributed by atoms with Crippen LogP contribution in [0.2, 0.25) is 0 Å². The smallest absolute Gasteiger partial charge is 0.325 e. The molecule has 0 fully saturated rings. The summed E-state index contributed by atoms with van der Waals surface area (Å²) in [5, 5.41) is 20.0. The third kappa shape index (κ3) is 4.39. The Morgan fingerprint density at radius 2 is 0.973 bits per heavy atom. The minimum atomic E-state index is -0.262. The van der Waals surface area contributed by atoms with Crippen LogP contribution in [0.4, 0.5) is 17.1 Å². The molecule has 0 aliphatic rings. The van der Waals surface area contributed by atoms with Crippen LogP contribution in [-0.4, -0.2) is 16.1 Å². The molecule has 0 aliphatic heterocycles. The zero-order chi connectivity index (χ0) is 25.8. The molecule has 2 N–H and O–H groups in total. The fourth-order valence-corrected chi connectivity index (χ4v) is 5.19. The maximum absolute atomic E-state index is 13.9. The highest BCUT2D eigenvalue weighted by Crippen LogP contribution is 2.49. The summed E-state index contributed by atoms with van der Waals surface area (Å²) in [6.45, 7) is 1.63. The molecule has 5 rings (SSSR count). The molecular weight excluding hydrogens is 458 g/mol. The van der Waals surface area contributed by atoms with Crippen LogP contribution in [0.25, 0.3) is 0 Å². The summed E-state index contributed by atoms with van der Waals surface area (Å²) >= 11 is 0. The summed E-state index contributed by atoms with van der Waals surface area (Å²) in [6.07, 6.45) is 0. The highest BCUT2D eigenvalue weighted by molar-refractivity contribution is 6.01. The van der Waals surface area contributed by atoms with Gasteiger partial charge in [-0.1, -0.05) is 78.9 Å². The van der Waals surface area contributed by atoms with Crippen LogP contribution < -0.4 is 4.48 Å². The summed E-state index contributed by atoms with van der Waals surface area (Å²) in [4.78, 5) is 13.9. The van der Waals surface area contributed by atoms with Crippen molar-refractivity contribution in [2.45, 2.75) is 12.8 Å². The van der Waals surface area contributed by atoms with E-state index in [-0.39, 0.29) is 27.8 Å². The van der Waals surface area contributed by atoms with Crippen LogP contribution in [0.3, 0.4) is 0 Å². The zero-order valence-electron chi connectivity index (χ0n) is 20.5. The molecule has 0 heterocycles. The first-order valence-corrected chi connectivity index (χ1v) is 12.2. The number of phenolic OH excluding ortho intramolecular Hbond substituents is 2. The van der Waals surface area contributed by atoms with Crippen molar-refractivity contribution in [3.63, 3.8) is 0 Å². The van der Waals surface area contributed by atoms with E-state index in [1.165, 1.54) is 0 Å². The highest BCUT2D eigenvalue weighted by Gasteiger charge is 2.44. The average molecular weight is 487 g/mol. The second-order valence-electron chi connectivity index (χ2n) is 9.04. The van der Waals surface area contributed by atoms with Crippen LogP contribution >= 0.6 is 0 Å². The number of aromatic hydroxyl groups is 2. The van der Waals surface area contributed by atoms with Gasteiger partial charge in [-0.15, -0.1) is 0 Å². The minimum absolute atomic E-state index is 0.0417. The normalized spacial score (nSPS) is 11.4. The van der Waals surface area contributed by atoms with E-state index in [2.05, 4.69) is 6.07 Å². The predicted octanol–water partition coefficient (Wildman–Crippen LogP) is 7.80. The molecule has 0 spiro atoms. The van der Waals surface area contributed by atoms with E-state index in [1.807, 2.05) is 103 Å². The van der Waals surface area contributed by atoms with Crippen molar-refractivity contribution in [3.8, 4) is 11.5 Å². The van der Waals surface area contributed by atoms with Gasteiger partial charge in [-0.05, 0) is 35.4 Å². The van der Waals surface area contributed by atoms with Gasteiger partial charge in [0, 0.05) is 41.8 Å². The first-order valence-electron chi connectivity index (χ1n) is 12.2. The van der Waals surface area contributed by atoms with Crippen LogP contribution in [-0.2, 0) is 4.79 Å². The van der Waals surface area contributed by atoms with Gasteiger partial charge in [0.05, 0.1) is 6.92 Å². The summed E-state index contributed by atoms with van der Waals surface area (Å²) in [6, 6.07) is 42.0. The zero-order valence-corrected chi connectivity index (χ0v) is 20.5. The number of carbonyl (C=O) groups excluding carboxylic acids is 1. The first-order chi connectivity index (χ1) is 18.0. The van der Waals surface area contributed by atoms with Crippen LogP contribution in [0.5, 0.6) is 11.5 Å². The Kier molecular flexibility index (Phi) is 6.59. The SMILES string of the molecule is CC(=O)[N+](c1ccccc1)(c1ccccc1)c1ccccc1C(c1ccc(O)cc1)c1ccc(O)cc1. The van der Waals surface area contributed by atoms with Gasteiger partial charge >= 0.3 is 5.91 Å². The monoisotopic (exact) mass is 486 g/mol. The Labute approximate surface area is 216 Å². The molecule has 0 unspecified atom stereocenters. The Bertz CT molecular complexity index is 1410. The van der Waals surface area contributed by atoms with Crippen molar-refractivity contribution in [1.29, 1.82) is 0 Å². The molecule has 1 amide bonds. The van der Waals surface area contributed by atoms with Crippen molar-refractivity contribution in [2.75, 3.05) is 0 Å². The molecule has 0 saturated heterocycles. The number of quaternary nitrogens is 1. The molecule has 0 aliphatic carbocycles. The topological polar surface area (TPSA) is 57.5 Å². The third-order valence-corrected chi connectivity index (χ3v) is 6.82. The number of para-hydroxylation sites is 3. The summed E-state index contributed by atoms with van der Waals surface area (Å²) in [5.41, 5.74) is 5.37. The molecule has 4 nitrogen and oxygen atoms in total. The van der Waals surface area contributed by atoms with Crippen molar-refractivity contribution >= 4 is 23.0 Å². The molecule has 0 aromatic heterocycles. The van der Waals surface area contributed by atoms with Crippen molar-refractivity contribution in [3.05, 3.63) is 150 Å². The largest absolute Gasteiger partial charge is 0.508 e. The number of hydrogen-bond acceptors (Lipinski definition) is 3. The predicted molar refractivity (Wildman–Crippen MR) is 148 cm³/mol. The number of hydrogen-bond donors (Lipinski definition) is 2. The lowest BCUT2D eigenvalue weighted by atomic mass is 9.83. The van der Waals surface area contributed by atoms with E-state index < -0.39 is 0 Å². The van der Waals surface area contributed by atoms with E-state index in [1.54, 1.807) is 31.2 Å². The van der Waals surface area contributed by atoms with E-state index in [0.29, 0.717) is 0 Å². The summed E-state index contributed by atoms with van der Waals surface area (Å²) < 4.78 is -0.0927. The molecule has 0 atom stereocenters. The first kappa shape index (κ1) is 24.0. The quantitative estimate of drug-likeness (QED) is 0.190. The van der Waals surface area contributed by atoms with Gasteiger partial charge in [0.1, 0.15) is 11.5 Å². The molecule has 37 heavy (non-hydrogen) atoms. The number of benzene rings is 5. The fraction of sp³-hybridized carbons (Fsp3) is 0.0606. The summed E-state index contributed by atoms with van der Waals surface area (Å²) in [5.74, 6) is 0.0644. The Balaban J connectivity index is 1.86. The molecular formula is C33H28NO3+. The van der Waals surface area contributed by atoms with E-state index in [9.17, 15) is 15.0 Å². The number of amides is 1. The lowest BCUT2D eigenvalue weighted by Crippen LogP contribution is -2.44. The molecule has 0 radical (unpaired) electrons. The van der Waals surface area contributed by atoms with Gasteiger partial charge in [0.2, 0.25) is 0 Å². The van der Waals surface area contributed by atoms with Gasteiger partial charge in [0.15, 0.2) is 17.1 Å². The van der Waals surface area contributed by atoms with E-state index in [4.69, 9.17) is 0 Å². The average Bonchev–Trinajstić information content (AvgIpc) is 2.93. The second-order valence-corrected chi connectivity index (χ2v) is 9.04. The van der Waals surface area contributed by atoms with Gasteiger partial charge in [0.25, 0.3) is 0 Å². The third-order valence-electron chi connectivity index (χ3n) is 6.82. The number of rotatable bonds is 6. The molecule has 4 heteroatoms. The van der Waals surface area contributed by atoms with Gasteiger partial charge < -0.3 is 10.2 Å². The van der Waals surface area contributed by atoms with Gasteiger partial charge in [-0.2, -0.15) is 4.48 Å². The lowest BCUT2D eigenvalue weighted by molar-refractivity contribution is -0.123. The molecule has 182 valence electrons. The molecule has 0 saturated carbocycles. The van der Waals surface area contributed by atoms with Crippen LogP contribution in [0.15, 0.2) is 133 Å². The summed E-state index contributed by atoms with van der Waals surface area (Å²) in [7, 11) is 0. The number of nitrogens with zero attached hydrogens (tertiary/aromatic N) is 1. The fourth-order valence-electron chi connectivity index (χ4n) is 5.19. The Morgan fingerprint density at radius 1 is 0.568 bits per heavy atom. The molecule has 5 aromatic rings. The van der Waals surface area contributed by atoms with E-state index in [0.717, 1.165) is 33.8 Å². The lowest BCUT2D eigenvalue weighted by Gasteiger charge is -2.36. The van der Waals surface area contributed by atoms with Gasteiger partial charge in [-0.25, -0.2) is 4.79 Å². The van der Waals surface area contributed by atoms with Crippen molar-refractivity contribution < 1.29 is 15.0 Å². The van der Waals surface area contributed by atoms with Crippen LogP contribution in [0, 0.1) is 0 Å². The number of carbonyl (C=O) groups is 1. The van der Waals surface area contributed by atoms with E-state index >= 15 is 0 Å². The molecule has 5 aromatic carbocycles. The highest BCUT2D eigenvalue weighted by atomic mass is 16.3. The minimum Gasteiger partial charge on any atom is -0.508 e. The molecule has 0 bridgehead atoms.